The molecule has 0 radical (unpaired) electrons. The first kappa shape index (κ1) is 36.6. The Morgan fingerprint density at radius 2 is 1.12 bits per heavy atom. The second-order valence-corrected chi connectivity index (χ2v) is 12.4. The minimum atomic E-state index is -5.30. The maximum Gasteiger partial charge on any atom is 1.00 e. The second-order valence-electron chi connectivity index (χ2n) is 8.39. The molecule has 0 aromatic heterocycles. The van der Waals surface area contributed by atoms with Crippen molar-refractivity contribution in [3.8, 4) is 5.75 Å². The third kappa shape index (κ3) is 6.75. The van der Waals surface area contributed by atoms with Crippen LogP contribution in [0.25, 0.3) is 32.3 Å². The summed E-state index contributed by atoms with van der Waals surface area (Å²) in [5.41, 5.74) is 0.629. The number of ether oxygens (including phenoxy) is 1. The molecule has 0 bridgehead atoms. The Bertz CT molecular complexity index is 2060. The Balaban J connectivity index is 0.00000196. The maximum absolute atomic E-state index is 12.7. The van der Waals surface area contributed by atoms with Crippen LogP contribution in [-0.4, -0.2) is 38.9 Å². The summed E-state index contributed by atoms with van der Waals surface area (Å²) in [6.45, 7) is 3.51. The summed E-state index contributed by atoms with van der Waals surface area (Å²) < 4.78 is 116. The van der Waals surface area contributed by atoms with E-state index in [4.69, 9.17) is 4.74 Å². The normalized spacial score (nSPS) is 12.0. The monoisotopic (exact) mass is 640 g/mol. The van der Waals surface area contributed by atoms with Crippen LogP contribution >= 0.6 is 0 Å². The molecule has 196 valence electrons. The second kappa shape index (κ2) is 13.2. The van der Waals surface area contributed by atoms with E-state index in [0.29, 0.717) is 11.6 Å². The summed E-state index contributed by atoms with van der Waals surface area (Å²) in [5.74, 6) is -0.0953. The molecule has 0 unspecified atom stereocenters. The van der Waals surface area contributed by atoms with Crippen molar-refractivity contribution in [1.82, 2.24) is 0 Å². The average Bonchev–Trinajstić information content (AvgIpc) is 2.82. The van der Waals surface area contributed by atoms with Gasteiger partial charge >= 0.3 is 88.7 Å². The number of hydrogen-bond acceptors (Lipinski definition) is 10. The van der Waals surface area contributed by atoms with Crippen molar-refractivity contribution in [3.05, 3.63) is 84.6 Å². The minimum Gasteiger partial charge on any atom is -0.744 e. The van der Waals surface area contributed by atoms with Crippen molar-refractivity contribution in [2.75, 3.05) is 0 Å². The number of rotatable bonds is 7. The van der Waals surface area contributed by atoms with E-state index >= 15 is 0 Å². The van der Waals surface area contributed by atoms with Crippen LogP contribution in [0.2, 0.25) is 0 Å². The molecule has 0 heterocycles. The summed E-state index contributed by atoms with van der Waals surface area (Å²) >= 11 is 0. The van der Waals surface area contributed by atoms with E-state index in [1.807, 2.05) is 0 Å². The smallest absolute Gasteiger partial charge is 0.744 e. The third-order valence-electron chi connectivity index (χ3n) is 6.20. The molecule has 5 aromatic carbocycles. The molecule has 0 saturated carbocycles. The van der Waals surface area contributed by atoms with Crippen molar-refractivity contribution in [2.24, 2.45) is 0 Å². The molecule has 41 heavy (non-hydrogen) atoms. The van der Waals surface area contributed by atoms with Crippen molar-refractivity contribution >= 4 is 62.7 Å². The van der Waals surface area contributed by atoms with Gasteiger partial charge in [0.25, 0.3) is 0 Å². The Morgan fingerprint density at radius 3 is 1.59 bits per heavy atom. The first-order chi connectivity index (χ1) is 17.7. The van der Waals surface area contributed by atoms with Gasteiger partial charge in [0, 0.05) is 44.3 Å². The average molecular weight is 641 g/mol. The van der Waals surface area contributed by atoms with E-state index in [1.165, 1.54) is 18.2 Å². The largest absolute Gasteiger partial charge is 1.00 e. The van der Waals surface area contributed by atoms with Crippen molar-refractivity contribution in [3.63, 3.8) is 0 Å². The summed E-state index contributed by atoms with van der Waals surface area (Å²) in [6.07, 6.45) is 0.945. The van der Waals surface area contributed by atoms with Gasteiger partial charge in [-0.25, -0.2) is 25.3 Å². The van der Waals surface area contributed by atoms with Gasteiger partial charge in [0.05, 0.1) is 20.9 Å². The third-order valence-corrected chi connectivity index (χ3v) is 8.92. The van der Waals surface area contributed by atoms with E-state index in [-0.39, 0.29) is 139 Å². The van der Waals surface area contributed by atoms with Crippen LogP contribution in [0.1, 0.15) is 11.1 Å². The SMILES string of the molecule is C=COc1c(Cc2ccccc2)c(S(=O)(=O)[O-])c2ccc3c(S(=O)(=O)[O-])cc(S(=O)(=O)[O-])c4ccc1c2c43.[Na+].[Na+].[Na+]. The molecule has 5 aromatic rings. The fraction of sp³-hybridized carbons (Fsp3) is 0.0400. The molecule has 0 atom stereocenters. The molecule has 0 aliphatic heterocycles. The van der Waals surface area contributed by atoms with E-state index in [9.17, 15) is 38.9 Å². The van der Waals surface area contributed by atoms with Crippen LogP contribution < -0.4 is 93.4 Å². The molecule has 16 heteroatoms. The predicted octanol–water partition coefficient (Wildman–Crippen LogP) is -5.58. The zero-order valence-electron chi connectivity index (χ0n) is 22.1. The quantitative estimate of drug-likeness (QED) is 0.0721. The van der Waals surface area contributed by atoms with Gasteiger partial charge in [-0.1, -0.05) is 55.1 Å². The molecule has 0 N–H and O–H groups in total. The number of benzene rings is 5. The van der Waals surface area contributed by atoms with Crippen molar-refractivity contribution in [1.29, 1.82) is 0 Å². The van der Waals surface area contributed by atoms with E-state index in [2.05, 4.69) is 6.58 Å². The molecule has 0 saturated heterocycles. The number of hydrogen-bond donors (Lipinski definition) is 0. The van der Waals surface area contributed by atoms with Gasteiger partial charge < -0.3 is 18.4 Å². The molecular weight excluding hydrogens is 625 g/mol. The fourth-order valence-corrected chi connectivity index (χ4v) is 7.25. The molecule has 5 rings (SSSR count). The summed E-state index contributed by atoms with van der Waals surface area (Å²) in [4.78, 5) is -2.65. The molecule has 0 fully saturated rings. The van der Waals surface area contributed by atoms with Crippen LogP contribution in [0, 0.1) is 0 Å². The van der Waals surface area contributed by atoms with Gasteiger partial charge in [0.1, 0.15) is 36.1 Å². The van der Waals surface area contributed by atoms with Gasteiger partial charge in [-0.05, 0) is 17.7 Å². The summed E-state index contributed by atoms with van der Waals surface area (Å²) in [6, 6.07) is 13.9. The Morgan fingerprint density at radius 1 is 0.659 bits per heavy atom. The first-order valence-electron chi connectivity index (χ1n) is 10.7. The van der Waals surface area contributed by atoms with Crippen LogP contribution in [0.15, 0.2) is 88.2 Å². The van der Waals surface area contributed by atoms with Crippen LogP contribution in [0.3, 0.4) is 0 Å². The Hall–Kier alpha value is -0.590. The molecule has 10 nitrogen and oxygen atoms in total. The maximum atomic E-state index is 12.7. The first-order valence-corrected chi connectivity index (χ1v) is 15.0. The molecule has 0 spiro atoms. The van der Waals surface area contributed by atoms with Gasteiger partial charge in [-0.15, -0.1) is 0 Å². The summed E-state index contributed by atoms with van der Waals surface area (Å²) in [5, 5.41) is -0.767. The zero-order valence-corrected chi connectivity index (χ0v) is 30.5. The Labute approximate surface area is 302 Å². The molecule has 0 aliphatic carbocycles. The van der Waals surface area contributed by atoms with E-state index in [1.54, 1.807) is 30.3 Å². The van der Waals surface area contributed by atoms with Gasteiger partial charge in [-0.3, -0.25) is 0 Å². The molecular formula is C25H15Na3O10S3. The van der Waals surface area contributed by atoms with Crippen molar-refractivity contribution in [2.45, 2.75) is 21.1 Å². The zero-order chi connectivity index (χ0) is 27.6. The van der Waals surface area contributed by atoms with E-state index in [0.717, 1.165) is 12.3 Å². The minimum absolute atomic E-state index is 0. The van der Waals surface area contributed by atoms with Crippen LogP contribution in [0.5, 0.6) is 5.75 Å². The summed E-state index contributed by atoms with van der Waals surface area (Å²) in [7, 11) is -15.8. The van der Waals surface area contributed by atoms with Crippen LogP contribution in [-0.2, 0) is 36.8 Å². The molecule has 0 amide bonds. The molecule has 0 aliphatic rings. The topological polar surface area (TPSA) is 181 Å². The fourth-order valence-electron chi connectivity index (χ4n) is 4.87. The van der Waals surface area contributed by atoms with Gasteiger partial charge in [-0.2, -0.15) is 0 Å². The van der Waals surface area contributed by atoms with Crippen LogP contribution in [0.4, 0.5) is 0 Å². The van der Waals surface area contributed by atoms with Gasteiger partial charge in [0.15, 0.2) is 0 Å². The standard InChI is InChI=1S/C25H18O10S3.3Na/c1-2-35-24-17-10-8-15-20(36(26,27)28)13-21(37(29,30)31)16-9-11-18(23(17)22(15)16)25(38(32,33)34)19(24)12-14-6-4-3-5-7-14;;;/h2-11,13H,1,12H2,(H,26,27,28)(H,29,30,31)(H,32,33,34);;;/q;3*+1/p-3. The Kier molecular flexibility index (Phi) is 11.8. The van der Waals surface area contributed by atoms with E-state index < -0.39 is 45.0 Å². The predicted molar refractivity (Wildman–Crippen MR) is 134 cm³/mol. The van der Waals surface area contributed by atoms with Crippen molar-refractivity contribution < 1.29 is 132 Å². The van der Waals surface area contributed by atoms with Gasteiger partial charge in [0.2, 0.25) is 0 Å².